The highest BCUT2D eigenvalue weighted by Gasteiger charge is 2.20. The zero-order valence-corrected chi connectivity index (χ0v) is 23.7. The highest BCUT2D eigenvalue weighted by molar-refractivity contribution is 6.02. The first-order valence-corrected chi connectivity index (χ1v) is 12.9. The van der Waals surface area contributed by atoms with Crippen LogP contribution in [-0.4, -0.2) is 58.4 Å². The largest absolute Gasteiger partial charge is 0.457 e. The second kappa shape index (κ2) is 11.6. The third-order valence-electron chi connectivity index (χ3n) is 6.38. The Bertz CT molecular complexity index is 1710. The molecule has 0 fully saturated rings. The Morgan fingerprint density at radius 2 is 1.78 bits per heavy atom. The number of benzene rings is 2. The van der Waals surface area contributed by atoms with Crippen LogP contribution in [0.25, 0.3) is 22.0 Å². The monoisotopic (exact) mass is 560 g/mol. The van der Waals surface area contributed by atoms with Crippen molar-refractivity contribution >= 4 is 34.1 Å². The van der Waals surface area contributed by atoms with Crippen LogP contribution in [0.5, 0.6) is 11.5 Å². The average molecular weight is 561 g/mol. The number of pyridine rings is 1. The van der Waals surface area contributed by atoms with Crippen LogP contribution in [0.1, 0.15) is 28.5 Å². The maximum atomic E-state index is 12.8. The number of nitro groups is 1. The molecule has 0 unspecified atom stereocenters. The number of nitrogens with zero attached hydrogens (tertiary/aromatic N) is 3. The molecule has 0 saturated heterocycles. The fourth-order valence-corrected chi connectivity index (χ4v) is 4.63. The standard InChI is InChI=1S/C29H32N6O6/c1-7-30-28(37)24-13-22-23(14-34(6)29(38)26(22)32-24)18-10-20(35(39)40)12-21(11-18)41-27-16(2)8-19(9-17(27)3)31-25(36)15-33(4)5/h8-14,32H,7,15H2,1-6H3,(H,30,37)(H,31,36). The summed E-state index contributed by atoms with van der Waals surface area (Å²) < 4.78 is 7.55. The van der Waals surface area contributed by atoms with E-state index in [9.17, 15) is 24.5 Å². The van der Waals surface area contributed by atoms with Crippen molar-refractivity contribution in [3.8, 4) is 22.6 Å². The quantitative estimate of drug-likeness (QED) is 0.206. The SMILES string of the molecule is CCNC(=O)c1cc2c(-c3cc(Oc4c(C)cc(NC(=O)CN(C)C)cc4C)cc([N+](=O)[O-])c3)cn(C)c(=O)c2[nH]1. The molecule has 0 radical (unpaired) electrons. The lowest BCUT2D eigenvalue weighted by Crippen LogP contribution is -2.27. The first kappa shape index (κ1) is 29.0. The lowest BCUT2D eigenvalue weighted by atomic mass is 10.0. The molecular formula is C29H32N6O6. The lowest BCUT2D eigenvalue weighted by molar-refractivity contribution is -0.384. The van der Waals surface area contributed by atoms with Crippen LogP contribution in [0.3, 0.4) is 0 Å². The van der Waals surface area contributed by atoms with Gasteiger partial charge >= 0.3 is 0 Å². The van der Waals surface area contributed by atoms with Crippen LogP contribution in [0.15, 0.2) is 47.4 Å². The number of hydrogen-bond donors (Lipinski definition) is 3. The van der Waals surface area contributed by atoms with Gasteiger partial charge in [-0.2, -0.15) is 0 Å². The van der Waals surface area contributed by atoms with E-state index in [0.717, 1.165) is 11.1 Å². The van der Waals surface area contributed by atoms with Gasteiger partial charge in [0.05, 0.1) is 17.5 Å². The molecule has 2 aromatic carbocycles. The number of nitrogens with one attached hydrogen (secondary N) is 3. The molecule has 41 heavy (non-hydrogen) atoms. The number of nitro benzene ring substituents is 1. The molecule has 2 aromatic heterocycles. The molecule has 0 aliphatic rings. The zero-order valence-electron chi connectivity index (χ0n) is 23.7. The Balaban J connectivity index is 1.79. The third kappa shape index (κ3) is 6.28. The van der Waals surface area contributed by atoms with Crippen LogP contribution >= 0.6 is 0 Å². The van der Waals surface area contributed by atoms with Crippen molar-refractivity contribution in [3.05, 3.63) is 79.9 Å². The molecule has 4 aromatic rings. The number of likely N-dealkylation sites (N-methyl/N-ethyl adjacent to an activating group) is 1. The summed E-state index contributed by atoms with van der Waals surface area (Å²) in [4.78, 5) is 53.6. The van der Waals surface area contributed by atoms with Gasteiger partial charge < -0.3 is 29.8 Å². The number of aromatic amines is 1. The summed E-state index contributed by atoms with van der Waals surface area (Å²) in [6.45, 7) is 6.07. The van der Waals surface area contributed by atoms with Crippen molar-refractivity contribution < 1.29 is 19.2 Å². The molecule has 0 aliphatic heterocycles. The maximum absolute atomic E-state index is 12.8. The van der Waals surface area contributed by atoms with Crippen molar-refractivity contribution in [1.29, 1.82) is 0 Å². The molecule has 12 heteroatoms. The Labute approximate surface area is 236 Å². The number of carbonyl (C=O) groups excluding carboxylic acids is 2. The summed E-state index contributed by atoms with van der Waals surface area (Å²) in [7, 11) is 5.18. The van der Waals surface area contributed by atoms with Crippen LogP contribution in [-0.2, 0) is 11.8 Å². The van der Waals surface area contributed by atoms with E-state index in [-0.39, 0.29) is 46.6 Å². The summed E-state index contributed by atoms with van der Waals surface area (Å²) in [6, 6.07) is 9.48. The van der Waals surface area contributed by atoms with Gasteiger partial charge in [-0.25, -0.2) is 0 Å². The average Bonchev–Trinajstić information content (AvgIpc) is 3.34. The predicted octanol–water partition coefficient (Wildman–Crippen LogP) is 4.10. The van der Waals surface area contributed by atoms with Gasteiger partial charge in [0, 0.05) is 42.5 Å². The van der Waals surface area contributed by atoms with Gasteiger partial charge in [0.25, 0.3) is 17.2 Å². The topological polar surface area (TPSA) is 152 Å². The van der Waals surface area contributed by atoms with Crippen LogP contribution < -0.4 is 20.9 Å². The first-order chi connectivity index (χ1) is 19.4. The van der Waals surface area contributed by atoms with Gasteiger partial charge in [-0.15, -0.1) is 0 Å². The summed E-state index contributed by atoms with van der Waals surface area (Å²) in [5.74, 6) is 0.181. The van der Waals surface area contributed by atoms with Gasteiger partial charge in [-0.3, -0.25) is 24.5 Å². The van der Waals surface area contributed by atoms with Crippen LogP contribution in [0, 0.1) is 24.0 Å². The number of non-ortho nitro benzene ring substituents is 1. The number of carbonyl (C=O) groups is 2. The molecule has 0 bridgehead atoms. The minimum Gasteiger partial charge on any atom is -0.457 e. The van der Waals surface area contributed by atoms with Crippen molar-refractivity contribution in [2.24, 2.45) is 7.05 Å². The number of hydrogen-bond acceptors (Lipinski definition) is 7. The Hall–Kier alpha value is -4.97. The highest BCUT2D eigenvalue weighted by atomic mass is 16.6. The van der Waals surface area contributed by atoms with Crippen LogP contribution in [0.4, 0.5) is 11.4 Å². The van der Waals surface area contributed by atoms with Crippen molar-refractivity contribution in [2.45, 2.75) is 20.8 Å². The van der Waals surface area contributed by atoms with E-state index in [1.165, 1.54) is 16.7 Å². The molecule has 0 spiro atoms. The lowest BCUT2D eigenvalue weighted by Gasteiger charge is -2.16. The summed E-state index contributed by atoms with van der Waals surface area (Å²) in [6.07, 6.45) is 1.57. The molecule has 0 saturated carbocycles. The molecule has 214 valence electrons. The molecule has 2 amide bonds. The smallest absolute Gasteiger partial charge is 0.274 e. The number of aryl methyl sites for hydroxylation is 3. The van der Waals surface area contributed by atoms with E-state index in [1.54, 1.807) is 63.4 Å². The van der Waals surface area contributed by atoms with E-state index in [0.29, 0.717) is 34.5 Å². The number of fused-ring (bicyclic) bond motifs is 1. The Morgan fingerprint density at radius 1 is 1.10 bits per heavy atom. The van der Waals surface area contributed by atoms with Gasteiger partial charge in [-0.05, 0) is 75.8 Å². The zero-order chi connectivity index (χ0) is 30.0. The molecule has 3 N–H and O–H groups in total. The highest BCUT2D eigenvalue weighted by Crippen LogP contribution is 2.37. The number of anilines is 1. The third-order valence-corrected chi connectivity index (χ3v) is 6.38. The van der Waals surface area contributed by atoms with E-state index < -0.39 is 4.92 Å². The van der Waals surface area contributed by atoms with Crippen molar-refractivity contribution in [3.63, 3.8) is 0 Å². The fraction of sp³-hybridized carbons (Fsp3) is 0.276. The predicted molar refractivity (Wildman–Crippen MR) is 157 cm³/mol. The Morgan fingerprint density at radius 3 is 2.39 bits per heavy atom. The number of aromatic nitrogens is 2. The van der Waals surface area contributed by atoms with Gasteiger partial charge in [-0.1, -0.05) is 0 Å². The number of H-pyrrole nitrogens is 1. The minimum atomic E-state index is -0.518. The molecule has 0 atom stereocenters. The molecular weight excluding hydrogens is 528 g/mol. The molecule has 2 heterocycles. The van der Waals surface area contributed by atoms with Gasteiger partial charge in [0.2, 0.25) is 5.91 Å². The molecule has 12 nitrogen and oxygen atoms in total. The second-order valence-corrected chi connectivity index (χ2v) is 10.1. The van der Waals surface area contributed by atoms with Crippen molar-refractivity contribution in [2.75, 3.05) is 32.5 Å². The van der Waals surface area contributed by atoms with Gasteiger partial charge in [0.15, 0.2) is 0 Å². The number of rotatable bonds is 9. The van der Waals surface area contributed by atoms with E-state index in [4.69, 9.17) is 4.74 Å². The summed E-state index contributed by atoms with van der Waals surface area (Å²) in [5, 5.41) is 17.9. The number of ether oxygens (including phenoxy) is 1. The normalized spacial score (nSPS) is 11.1. The van der Waals surface area contributed by atoms with Gasteiger partial charge in [0.1, 0.15) is 22.7 Å². The Kier molecular flexibility index (Phi) is 8.24. The second-order valence-electron chi connectivity index (χ2n) is 10.1. The van der Waals surface area contributed by atoms with E-state index >= 15 is 0 Å². The van der Waals surface area contributed by atoms with E-state index in [2.05, 4.69) is 15.6 Å². The van der Waals surface area contributed by atoms with Crippen LogP contribution in [0.2, 0.25) is 0 Å². The minimum absolute atomic E-state index is 0.158. The molecule has 4 rings (SSSR count). The van der Waals surface area contributed by atoms with Crippen molar-refractivity contribution in [1.82, 2.24) is 19.8 Å². The molecule has 0 aliphatic carbocycles. The summed E-state index contributed by atoms with van der Waals surface area (Å²) in [5.41, 5.74) is 2.86. The fourth-order valence-electron chi connectivity index (χ4n) is 4.63. The van der Waals surface area contributed by atoms with E-state index in [1.807, 2.05) is 13.8 Å². The first-order valence-electron chi connectivity index (χ1n) is 12.9. The number of amides is 2. The maximum Gasteiger partial charge on any atom is 0.274 e. The summed E-state index contributed by atoms with van der Waals surface area (Å²) >= 11 is 0.